The van der Waals surface area contributed by atoms with Gasteiger partial charge in [0.15, 0.2) is 0 Å². The lowest BCUT2D eigenvalue weighted by atomic mass is 10.1. The van der Waals surface area contributed by atoms with Crippen molar-refractivity contribution < 1.29 is 4.74 Å². The summed E-state index contributed by atoms with van der Waals surface area (Å²) in [5, 5.41) is 5.17. The average Bonchev–Trinajstić information content (AvgIpc) is 2.42. The number of fused-ring (bicyclic) bond motifs is 1. The Morgan fingerprint density at radius 1 is 1.30 bits per heavy atom. The first-order chi connectivity index (χ1) is 9.61. The fourth-order valence-electron chi connectivity index (χ4n) is 2.09. The third-order valence-electron chi connectivity index (χ3n) is 3.06. The van der Waals surface area contributed by atoms with Crippen LogP contribution in [-0.2, 0) is 11.3 Å². The number of nitrogens with zero attached hydrogens (tertiary/aromatic N) is 2. The topological polar surface area (TPSA) is 37.4 Å². The molecule has 0 unspecified atom stereocenters. The second kappa shape index (κ2) is 6.88. The number of ether oxygens (including phenoxy) is 1. The Labute approximate surface area is 124 Å². The molecule has 0 fully saturated rings. The van der Waals surface area contributed by atoms with Gasteiger partial charge in [0.05, 0.1) is 12.1 Å². The predicted molar refractivity (Wildman–Crippen MR) is 84.7 cm³/mol. The highest BCUT2D eigenvalue weighted by atomic mass is 35.5. The van der Waals surface area contributed by atoms with E-state index in [2.05, 4.69) is 11.4 Å². The van der Waals surface area contributed by atoms with Gasteiger partial charge in [-0.2, -0.15) is 0 Å². The fourth-order valence-corrected chi connectivity index (χ4v) is 2.25. The van der Waals surface area contributed by atoms with Crippen LogP contribution in [0.4, 0.5) is 5.82 Å². The van der Waals surface area contributed by atoms with Crippen LogP contribution in [0, 0.1) is 0 Å². The number of hydrogen-bond acceptors (Lipinski definition) is 4. The van der Waals surface area contributed by atoms with Crippen molar-refractivity contribution >= 4 is 28.3 Å². The third kappa shape index (κ3) is 3.60. The van der Waals surface area contributed by atoms with Crippen LogP contribution in [0.15, 0.2) is 24.3 Å². The van der Waals surface area contributed by atoms with Gasteiger partial charge in [0, 0.05) is 50.3 Å². The van der Waals surface area contributed by atoms with Gasteiger partial charge in [-0.05, 0) is 18.2 Å². The van der Waals surface area contributed by atoms with Crippen molar-refractivity contribution in [3.8, 4) is 0 Å². The van der Waals surface area contributed by atoms with Crippen molar-refractivity contribution in [1.29, 1.82) is 0 Å². The molecule has 1 aromatic carbocycles. The van der Waals surface area contributed by atoms with Gasteiger partial charge in [-0.15, -0.1) is 0 Å². The molecule has 1 heterocycles. The van der Waals surface area contributed by atoms with Gasteiger partial charge in [-0.1, -0.05) is 17.7 Å². The van der Waals surface area contributed by atoms with Gasteiger partial charge < -0.3 is 15.0 Å². The summed E-state index contributed by atoms with van der Waals surface area (Å²) in [6.45, 7) is 2.29. The predicted octanol–water partition coefficient (Wildman–Crippen LogP) is 2.69. The van der Waals surface area contributed by atoms with E-state index in [1.165, 1.54) is 5.56 Å². The number of anilines is 1. The normalized spacial score (nSPS) is 11.0. The highest BCUT2D eigenvalue weighted by molar-refractivity contribution is 6.31. The number of halogens is 1. The molecule has 108 valence electrons. The lowest BCUT2D eigenvalue weighted by Gasteiger charge is -2.17. The third-order valence-corrected chi connectivity index (χ3v) is 3.29. The number of methoxy groups -OCH3 is 1. The molecule has 0 aliphatic carbocycles. The maximum absolute atomic E-state index is 6.03. The van der Waals surface area contributed by atoms with Crippen LogP contribution >= 0.6 is 11.6 Å². The molecular formula is C15H20ClN3O. The summed E-state index contributed by atoms with van der Waals surface area (Å²) in [6, 6.07) is 7.95. The summed E-state index contributed by atoms with van der Waals surface area (Å²) >= 11 is 6.03. The van der Waals surface area contributed by atoms with E-state index >= 15 is 0 Å². The highest BCUT2D eigenvalue weighted by Crippen LogP contribution is 2.24. The lowest BCUT2D eigenvalue weighted by Crippen LogP contribution is -2.21. The van der Waals surface area contributed by atoms with Crippen LogP contribution in [0.2, 0.25) is 5.02 Å². The molecule has 5 heteroatoms. The molecule has 2 rings (SSSR count). The van der Waals surface area contributed by atoms with Crippen LogP contribution in [0.1, 0.15) is 5.56 Å². The zero-order chi connectivity index (χ0) is 14.5. The molecule has 0 saturated heterocycles. The monoisotopic (exact) mass is 293 g/mol. The average molecular weight is 294 g/mol. The lowest BCUT2D eigenvalue weighted by molar-refractivity contribution is 0.199. The molecule has 0 spiro atoms. The van der Waals surface area contributed by atoms with Gasteiger partial charge >= 0.3 is 0 Å². The SMILES string of the molecule is COCCNCc1cc2ccc(Cl)cc2nc1N(C)C. The van der Waals surface area contributed by atoms with Crippen molar-refractivity contribution in [1.82, 2.24) is 10.3 Å². The van der Waals surface area contributed by atoms with Crippen molar-refractivity contribution in [2.24, 2.45) is 0 Å². The minimum atomic E-state index is 0.702. The largest absolute Gasteiger partial charge is 0.383 e. The Hall–Kier alpha value is -1.36. The van der Waals surface area contributed by atoms with Crippen LogP contribution < -0.4 is 10.2 Å². The standard InChI is InChI=1S/C15H20ClN3O/c1-19(2)15-12(10-17-6-7-20-3)8-11-4-5-13(16)9-14(11)18-15/h4-5,8-9,17H,6-7,10H2,1-3H3. The van der Waals surface area contributed by atoms with E-state index in [4.69, 9.17) is 21.3 Å². The first-order valence-corrected chi connectivity index (χ1v) is 6.96. The van der Waals surface area contributed by atoms with Crippen LogP contribution in [0.3, 0.4) is 0 Å². The zero-order valence-electron chi connectivity index (χ0n) is 12.1. The zero-order valence-corrected chi connectivity index (χ0v) is 12.9. The van der Waals surface area contributed by atoms with E-state index < -0.39 is 0 Å². The molecule has 1 N–H and O–H groups in total. The van der Waals surface area contributed by atoms with Gasteiger partial charge in [-0.25, -0.2) is 4.98 Å². The number of nitrogens with one attached hydrogen (secondary N) is 1. The molecule has 0 aliphatic rings. The molecule has 2 aromatic rings. The van der Waals surface area contributed by atoms with Crippen LogP contribution in [0.5, 0.6) is 0 Å². The Balaban J connectivity index is 2.31. The minimum absolute atomic E-state index is 0.702. The summed E-state index contributed by atoms with van der Waals surface area (Å²) in [5.41, 5.74) is 2.09. The first kappa shape index (κ1) is 15.0. The molecule has 0 saturated carbocycles. The van der Waals surface area contributed by atoms with E-state index in [9.17, 15) is 0 Å². The number of pyridine rings is 1. The Kier molecular flexibility index (Phi) is 5.17. The molecule has 0 aliphatic heterocycles. The molecule has 0 bridgehead atoms. The van der Waals surface area contributed by atoms with Crippen molar-refractivity contribution in [3.05, 3.63) is 34.9 Å². The quantitative estimate of drug-likeness (QED) is 0.831. The molecular weight excluding hydrogens is 274 g/mol. The summed E-state index contributed by atoms with van der Waals surface area (Å²) in [6.07, 6.45) is 0. The van der Waals surface area contributed by atoms with E-state index in [-0.39, 0.29) is 0 Å². The maximum atomic E-state index is 6.03. The van der Waals surface area contributed by atoms with Crippen molar-refractivity contribution in [3.63, 3.8) is 0 Å². The van der Waals surface area contributed by atoms with Gasteiger partial charge in [0.2, 0.25) is 0 Å². The summed E-state index contributed by atoms with van der Waals surface area (Å²) in [7, 11) is 5.70. The molecule has 0 amide bonds. The Morgan fingerprint density at radius 3 is 2.80 bits per heavy atom. The molecule has 20 heavy (non-hydrogen) atoms. The second-order valence-corrected chi connectivity index (χ2v) is 5.31. The van der Waals surface area contributed by atoms with Crippen molar-refractivity contribution in [2.45, 2.75) is 6.54 Å². The van der Waals surface area contributed by atoms with E-state index in [0.717, 1.165) is 29.8 Å². The number of hydrogen-bond donors (Lipinski definition) is 1. The number of aromatic nitrogens is 1. The van der Waals surface area contributed by atoms with Crippen LogP contribution in [0.25, 0.3) is 10.9 Å². The van der Waals surface area contributed by atoms with E-state index in [1.54, 1.807) is 7.11 Å². The fraction of sp³-hybridized carbons (Fsp3) is 0.400. The van der Waals surface area contributed by atoms with Gasteiger partial charge in [0.1, 0.15) is 5.82 Å². The summed E-state index contributed by atoms with van der Waals surface area (Å²) in [5.74, 6) is 0.963. The number of benzene rings is 1. The maximum Gasteiger partial charge on any atom is 0.133 e. The summed E-state index contributed by atoms with van der Waals surface area (Å²) in [4.78, 5) is 6.73. The first-order valence-electron chi connectivity index (χ1n) is 6.58. The van der Waals surface area contributed by atoms with Gasteiger partial charge in [-0.3, -0.25) is 0 Å². The van der Waals surface area contributed by atoms with Gasteiger partial charge in [0.25, 0.3) is 0 Å². The smallest absolute Gasteiger partial charge is 0.133 e. The van der Waals surface area contributed by atoms with E-state index in [0.29, 0.717) is 11.6 Å². The number of rotatable bonds is 6. The van der Waals surface area contributed by atoms with E-state index in [1.807, 2.05) is 37.2 Å². The molecule has 4 nitrogen and oxygen atoms in total. The minimum Gasteiger partial charge on any atom is -0.383 e. The molecule has 0 atom stereocenters. The Morgan fingerprint density at radius 2 is 2.10 bits per heavy atom. The summed E-state index contributed by atoms with van der Waals surface area (Å²) < 4.78 is 5.04. The molecule has 0 radical (unpaired) electrons. The van der Waals surface area contributed by atoms with Crippen molar-refractivity contribution in [2.75, 3.05) is 39.3 Å². The molecule has 1 aromatic heterocycles. The Bertz CT molecular complexity index is 587. The second-order valence-electron chi connectivity index (χ2n) is 4.87. The van der Waals surface area contributed by atoms with Crippen LogP contribution in [-0.4, -0.2) is 39.3 Å². The highest BCUT2D eigenvalue weighted by Gasteiger charge is 2.09.